The first-order chi connectivity index (χ1) is 13.1. The summed E-state index contributed by atoms with van der Waals surface area (Å²) in [6.45, 7) is 1.55. The average Bonchev–Trinajstić information content (AvgIpc) is 3.21. The highest BCUT2D eigenvalue weighted by Gasteiger charge is 2.18. The molecule has 5 heteroatoms. The molecule has 27 heavy (non-hydrogen) atoms. The zero-order valence-electron chi connectivity index (χ0n) is 14.8. The van der Waals surface area contributed by atoms with Crippen LogP contribution in [-0.2, 0) is 14.3 Å². The third kappa shape index (κ3) is 5.15. The largest absolute Gasteiger partial charge is 0.449 e. The van der Waals surface area contributed by atoms with E-state index in [9.17, 15) is 9.59 Å². The Morgan fingerprint density at radius 2 is 1.78 bits per heavy atom. The average molecular weight is 377 g/mol. The summed E-state index contributed by atoms with van der Waals surface area (Å²) in [6.07, 6.45) is 2.08. The number of esters is 1. The molecule has 0 aliphatic rings. The van der Waals surface area contributed by atoms with Crippen LogP contribution in [0.3, 0.4) is 0 Å². The van der Waals surface area contributed by atoms with Gasteiger partial charge in [0.15, 0.2) is 6.10 Å². The third-order valence-electron chi connectivity index (χ3n) is 3.89. The van der Waals surface area contributed by atoms with Crippen molar-refractivity contribution in [1.29, 1.82) is 0 Å². The van der Waals surface area contributed by atoms with Crippen LogP contribution in [-0.4, -0.2) is 18.0 Å². The molecule has 0 aliphatic heterocycles. The number of hydrogen-bond donors (Lipinski definition) is 1. The van der Waals surface area contributed by atoms with Gasteiger partial charge in [-0.25, -0.2) is 4.79 Å². The fourth-order valence-electron chi connectivity index (χ4n) is 2.50. The molecular formula is C22H19NO3S. The van der Waals surface area contributed by atoms with E-state index in [2.05, 4.69) is 5.32 Å². The Morgan fingerprint density at radius 1 is 1.04 bits per heavy atom. The Labute approximate surface area is 162 Å². The number of nitrogens with one attached hydrogen (secondary N) is 1. The Morgan fingerprint density at radius 3 is 2.52 bits per heavy atom. The predicted molar refractivity (Wildman–Crippen MR) is 109 cm³/mol. The molecule has 1 atom stereocenters. The van der Waals surface area contributed by atoms with Gasteiger partial charge in [-0.3, -0.25) is 4.79 Å². The number of hydrogen-bond acceptors (Lipinski definition) is 4. The molecule has 0 spiro atoms. The number of anilines is 1. The van der Waals surface area contributed by atoms with Crippen molar-refractivity contribution in [3.8, 4) is 11.1 Å². The number of rotatable bonds is 6. The minimum Gasteiger partial charge on any atom is -0.449 e. The van der Waals surface area contributed by atoms with Crippen molar-refractivity contribution in [2.75, 3.05) is 5.32 Å². The van der Waals surface area contributed by atoms with Crippen LogP contribution in [0.5, 0.6) is 0 Å². The molecule has 2 aromatic carbocycles. The second-order valence-electron chi connectivity index (χ2n) is 5.87. The molecule has 4 nitrogen and oxygen atoms in total. The minimum absolute atomic E-state index is 0.379. The highest BCUT2D eigenvalue weighted by molar-refractivity contribution is 7.08. The Bertz CT molecular complexity index is 933. The fourth-order valence-corrected chi connectivity index (χ4v) is 3.13. The highest BCUT2D eigenvalue weighted by Crippen LogP contribution is 2.27. The van der Waals surface area contributed by atoms with Crippen molar-refractivity contribution in [3.05, 3.63) is 83.1 Å². The van der Waals surface area contributed by atoms with Crippen molar-refractivity contribution in [2.45, 2.75) is 13.0 Å². The highest BCUT2D eigenvalue weighted by atomic mass is 32.1. The second kappa shape index (κ2) is 8.96. The van der Waals surface area contributed by atoms with E-state index in [4.69, 9.17) is 4.74 Å². The number of ether oxygens (including phenoxy) is 1. The monoisotopic (exact) mass is 377 g/mol. The molecule has 0 aliphatic carbocycles. The number of para-hydroxylation sites is 1. The predicted octanol–water partition coefficient (Wildman–Crippen LogP) is 5.00. The second-order valence-corrected chi connectivity index (χ2v) is 6.65. The molecule has 0 radical (unpaired) electrons. The SMILES string of the molecule is C[C@H](OC(=O)/C=C/c1ccsc1)C(=O)Nc1ccccc1-c1ccccc1. The van der Waals surface area contributed by atoms with E-state index in [1.54, 1.807) is 24.3 Å². The lowest BCUT2D eigenvalue weighted by Gasteiger charge is -2.15. The van der Waals surface area contributed by atoms with Crippen LogP contribution < -0.4 is 5.32 Å². The zero-order valence-corrected chi connectivity index (χ0v) is 15.6. The van der Waals surface area contributed by atoms with Gasteiger partial charge in [-0.05, 0) is 47.0 Å². The third-order valence-corrected chi connectivity index (χ3v) is 4.59. The maximum Gasteiger partial charge on any atom is 0.331 e. The van der Waals surface area contributed by atoms with Crippen molar-refractivity contribution < 1.29 is 14.3 Å². The summed E-state index contributed by atoms with van der Waals surface area (Å²) >= 11 is 1.54. The Hall–Kier alpha value is -3.18. The summed E-state index contributed by atoms with van der Waals surface area (Å²) in [6, 6.07) is 19.2. The number of benzene rings is 2. The molecule has 0 saturated heterocycles. The van der Waals surface area contributed by atoms with Crippen LogP contribution in [0.15, 0.2) is 77.5 Å². The summed E-state index contributed by atoms with van der Waals surface area (Å²) in [5, 5.41) is 6.68. The van der Waals surface area contributed by atoms with Gasteiger partial charge in [-0.15, -0.1) is 0 Å². The molecule has 1 aromatic heterocycles. The van der Waals surface area contributed by atoms with Gasteiger partial charge in [0, 0.05) is 17.3 Å². The molecule has 1 N–H and O–H groups in total. The van der Waals surface area contributed by atoms with Gasteiger partial charge in [0.05, 0.1) is 0 Å². The van der Waals surface area contributed by atoms with Crippen LogP contribution in [0.4, 0.5) is 5.69 Å². The first-order valence-electron chi connectivity index (χ1n) is 8.49. The lowest BCUT2D eigenvalue weighted by molar-refractivity contribution is -0.148. The number of carbonyl (C=O) groups excluding carboxylic acids is 2. The normalized spacial score (nSPS) is 11.9. The maximum atomic E-state index is 12.5. The summed E-state index contributed by atoms with van der Waals surface area (Å²) < 4.78 is 5.19. The van der Waals surface area contributed by atoms with Gasteiger partial charge in [0.1, 0.15) is 0 Å². The van der Waals surface area contributed by atoms with Gasteiger partial charge < -0.3 is 10.1 Å². The molecule has 0 fully saturated rings. The van der Waals surface area contributed by atoms with Gasteiger partial charge in [0.2, 0.25) is 0 Å². The van der Waals surface area contributed by atoms with Crippen molar-refractivity contribution in [2.24, 2.45) is 0 Å². The molecule has 1 heterocycles. The summed E-state index contributed by atoms with van der Waals surface area (Å²) in [4.78, 5) is 24.4. The number of carbonyl (C=O) groups is 2. The van der Waals surface area contributed by atoms with Crippen LogP contribution in [0.2, 0.25) is 0 Å². The summed E-state index contributed by atoms with van der Waals surface area (Å²) in [7, 11) is 0. The van der Waals surface area contributed by atoms with Crippen LogP contribution in [0, 0.1) is 0 Å². The summed E-state index contributed by atoms with van der Waals surface area (Å²) in [5.74, 6) is -0.934. The van der Waals surface area contributed by atoms with E-state index in [0.717, 1.165) is 16.7 Å². The van der Waals surface area contributed by atoms with E-state index >= 15 is 0 Å². The van der Waals surface area contributed by atoms with Gasteiger partial charge in [-0.2, -0.15) is 11.3 Å². The fraction of sp³-hybridized carbons (Fsp3) is 0.0909. The quantitative estimate of drug-likeness (QED) is 0.486. The van der Waals surface area contributed by atoms with E-state index in [1.807, 2.05) is 71.4 Å². The zero-order chi connectivity index (χ0) is 19.1. The van der Waals surface area contributed by atoms with Crippen molar-refractivity contribution in [3.63, 3.8) is 0 Å². The van der Waals surface area contributed by atoms with E-state index < -0.39 is 12.1 Å². The topological polar surface area (TPSA) is 55.4 Å². The van der Waals surface area contributed by atoms with Crippen molar-refractivity contribution >= 4 is 35.0 Å². The van der Waals surface area contributed by atoms with Crippen LogP contribution in [0.1, 0.15) is 12.5 Å². The molecule has 0 bridgehead atoms. The molecule has 1 amide bonds. The number of thiophene rings is 1. The smallest absolute Gasteiger partial charge is 0.331 e. The van der Waals surface area contributed by atoms with E-state index in [1.165, 1.54) is 6.08 Å². The Kier molecular flexibility index (Phi) is 6.18. The molecular weight excluding hydrogens is 358 g/mol. The lowest BCUT2D eigenvalue weighted by Crippen LogP contribution is -2.29. The first-order valence-corrected chi connectivity index (χ1v) is 9.44. The Balaban J connectivity index is 1.64. The maximum absolute atomic E-state index is 12.5. The lowest BCUT2D eigenvalue weighted by atomic mass is 10.0. The van der Waals surface area contributed by atoms with Crippen LogP contribution >= 0.6 is 11.3 Å². The molecule has 3 rings (SSSR count). The molecule has 136 valence electrons. The van der Waals surface area contributed by atoms with Gasteiger partial charge >= 0.3 is 5.97 Å². The van der Waals surface area contributed by atoms with E-state index in [0.29, 0.717) is 5.69 Å². The minimum atomic E-state index is -0.909. The van der Waals surface area contributed by atoms with E-state index in [-0.39, 0.29) is 5.91 Å². The van der Waals surface area contributed by atoms with Gasteiger partial charge in [0.25, 0.3) is 5.91 Å². The standard InChI is InChI=1S/C22H19NO3S/c1-16(26-21(24)12-11-17-13-14-27-15-17)22(25)23-20-10-6-5-9-19(20)18-7-3-2-4-8-18/h2-16H,1H3,(H,23,25)/b12-11+/t16-/m0/s1. The molecule has 0 saturated carbocycles. The summed E-state index contributed by atoms with van der Waals surface area (Å²) in [5.41, 5.74) is 3.50. The first kappa shape index (κ1) is 18.6. The van der Waals surface area contributed by atoms with Crippen LogP contribution in [0.25, 0.3) is 17.2 Å². The molecule has 0 unspecified atom stereocenters. The molecule has 3 aromatic rings. The number of amides is 1. The van der Waals surface area contributed by atoms with Crippen molar-refractivity contribution in [1.82, 2.24) is 0 Å². The van der Waals surface area contributed by atoms with Gasteiger partial charge in [-0.1, -0.05) is 48.5 Å².